The summed E-state index contributed by atoms with van der Waals surface area (Å²) in [5, 5.41) is 3.50. The number of ether oxygens (including phenoxy) is 1. The van der Waals surface area contributed by atoms with Crippen LogP contribution in [0.3, 0.4) is 0 Å². The van der Waals surface area contributed by atoms with Gasteiger partial charge >= 0.3 is 0 Å². The minimum absolute atomic E-state index is 0.808. The molecule has 0 bridgehead atoms. The number of nitrogens with zero attached hydrogens (tertiary/aromatic N) is 2. The molecule has 1 aromatic heterocycles. The summed E-state index contributed by atoms with van der Waals surface area (Å²) < 4.78 is 5.22. The second-order valence-electron chi connectivity index (χ2n) is 5.68. The fraction of sp³-hybridized carbons (Fsp3) is 0.444. The maximum absolute atomic E-state index is 5.22. The lowest BCUT2D eigenvalue weighted by Crippen LogP contribution is -2.08. The molecular formula is C18H23N3O. The molecule has 0 unspecified atom stereocenters. The third kappa shape index (κ3) is 3.06. The van der Waals surface area contributed by atoms with Gasteiger partial charge in [-0.25, -0.2) is 9.97 Å². The van der Waals surface area contributed by atoms with Gasteiger partial charge in [0.1, 0.15) is 11.6 Å². The van der Waals surface area contributed by atoms with Crippen molar-refractivity contribution in [3.8, 4) is 17.1 Å². The summed E-state index contributed by atoms with van der Waals surface area (Å²) in [7, 11) is 1.68. The van der Waals surface area contributed by atoms with Crippen molar-refractivity contribution >= 4 is 5.82 Å². The van der Waals surface area contributed by atoms with Crippen LogP contribution in [0, 0.1) is 0 Å². The van der Waals surface area contributed by atoms with E-state index in [1.165, 1.54) is 24.1 Å². The molecule has 1 N–H and O–H groups in total. The molecule has 4 nitrogen and oxygen atoms in total. The molecule has 0 spiro atoms. The first-order valence-electron chi connectivity index (χ1n) is 8.10. The van der Waals surface area contributed by atoms with E-state index in [1.54, 1.807) is 7.11 Å². The number of aromatic nitrogens is 2. The highest BCUT2D eigenvalue weighted by Gasteiger charge is 2.19. The Morgan fingerprint density at radius 1 is 1.14 bits per heavy atom. The van der Waals surface area contributed by atoms with Crippen LogP contribution in [-0.4, -0.2) is 23.6 Å². The van der Waals surface area contributed by atoms with Crippen LogP contribution in [0.25, 0.3) is 11.4 Å². The summed E-state index contributed by atoms with van der Waals surface area (Å²) in [6, 6.07) is 7.95. The van der Waals surface area contributed by atoms with Crippen LogP contribution in [0.5, 0.6) is 5.75 Å². The molecule has 0 fully saturated rings. The van der Waals surface area contributed by atoms with E-state index in [0.717, 1.165) is 48.8 Å². The highest BCUT2D eigenvalue weighted by Crippen LogP contribution is 2.29. The van der Waals surface area contributed by atoms with Gasteiger partial charge < -0.3 is 10.1 Å². The second kappa shape index (κ2) is 6.77. The molecule has 1 aliphatic rings. The molecule has 0 saturated heterocycles. The standard InChI is InChI=1S/C18H23N3O/c1-3-4-12-19-18-15-6-5-7-16(15)20-17(21-18)13-8-10-14(22-2)11-9-13/h8-11H,3-7,12H2,1-2H3,(H,19,20,21). The molecule has 1 aliphatic carbocycles. The van der Waals surface area contributed by atoms with Crippen molar-refractivity contribution in [1.29, 1.82) is 0 Å². The predicted octanol–water partition coefficient (Wildman–Crippen LogP) is 3.85. The normalized spacial score (nSPS) is 13.0. The van der Waals surface area contributed by atoms with Crippen LogP contribution in [0.15, 0.2) is 24.3 Å². The Kier molecular flexibility index (Phi) is 4.56. The number of methoxy groups -OCH3 is 1. The first-order chi connectivity index (χ1) is 10.8. The zero-order valence-electron chi connectivity index (χ0n) is 13.4. The third-order valence-corrected chi connectivity index (χ3v) is 4.10. The van der Waals surface area contributed by atoms with E-state index >= 15 is 0 Å². The molecule has 0 atom stereocenters. The topological polar surface area (TPSA) is 47.0 Å². The minimum Gasteiger partial charge on any atom is -0.497 e. The smallest absolute Gasteiger partial charge is 0.161 e. The van der Waals surface area contributed by atoms with Crippen LogP contribution in [-0.2, 0) is 12.8 Å². The molecule has 22 heavy (non-hydrogen) atoms. The lowest BCUT2D eigenvalue weighted by molar-refractivity contribution is 0.415. The monoisotopic (exact) mass is 297 g/mol. The Morgan fingerprint density at radius 2 is 1.95 bits per heavy atom. The van der Waals surface area contributed by atoms with Gasteiger partial charge in [-0.1, -0.05) is 13.3 Å². The van der Waals surface area contributed by atoms with E-state index < -0.39 is 0 Å². The third-order valence-electron chi connectivity index (χ3n) is 4.10. The summed E-state index contributed by atoms with van der Waals surface area (Å²) in [6.07, 6.45) is 5.68. The molecule has 0 radical (unpaired) electrons. The molecule has 1 heterocycles. The van der Waals surface area contributed by atoms with Crippen LogP contribution >= 0.6 is 0 Å². The molecule has 0 amide bonds. The number of aryl methyl sites for hydroxylation is 1. The number of hydrogen-bond donors (Lipinski definition) is 1. The molecular weight excluding hydrogens is 274 g/mol. The van der Waals surface area contributed by atoms with Gasteiger partial charge in [0, 0.05) is 23.4 Å². The lowest BCUT2D eigenvalue weighted by Gasteiger charge is -2.12. The van der Waals surface area contributed by atoms with Gasteiger partial charge in [0.25, 0.3) is 0 Å². The van der Waals surface area contributed by atoms with Crippen molar-refractivity contribution < 1.29 is 4.74 Å². The summed E-state index contributed by atoms with van der Waals surface area (Å²) in [4.78, 5) is 9.55. The van der Waals surface area contributed by atoms with E-state index in [9.17, 15) is 0 Å². The second-order valence-corrected chi connectivity index (χ2v) is 5.68. The van der Waals surface area contributed by atoms with Crippen LogP contribution in [0.1, 0.15) is 37.4 Å². The summed E-state index contributed by atoms with van der Waals surface area (Å²) >= 11 is 0. The van der Waals surface area contributed by atoms with Crippen LogP contribution < -0.4 is 10.1 Å². The van der Waals surface area contributed by atoms with E-state index in [4.69, 9.17) is 14.7 Å². The quantitative estimate of drug-likeness (QED) is 0.823. The zero-order chi connectivity index (χ0) is 15.4. The van der Waals surface area contributed by atoms with Crippen molar-refractivity contribution in [2.24, 2.45) is 0 Å². The average molecular weight is 297 g/mol. The van der Waals surface area contributed by atoms with Gasteiger partial charge in [0.2, 0.25) is 0 Å². The molecule has 1 aromatic carbocycles. The van der Waals surface area contributed by atoms with Crippen molar-refractivity contribution in [3.05, 3.63) is 35.5 Å². The number of unbranched alkanes of at least 4 members (excludes halogenated alkanes) is 1. The predicted molar refractivity (Wildman–Crippen MR) is 89.4 cm³/mol. The molecule has 0 saturated carbocycles. The maximum Gasteiger partial charge on any atom is 0.161 e. The Labute approximate surface area is 132 Å². The Balaban J connectivity index is 1.92. The van der Waals surface area contributed by atoms with Crippen molar-refractivity contribution in [2.75, 3.05) is 19.0 Å². The van der Waals surface area contributed by atoms with Crippen LogP contribution in [0.2, 0.25) is 0 Å². The zero-order valence-corrected chi connectivity index (χ0v) is 13.4. The van der Waals surface area contributed by atoms with Crippen molar-refractivity contribution in [1.82, 2.24) is 9.97 Å². The Bertz CT molecular complexity index is 638. The van der Waals surface area contributed by atoms with Gasteiger partial charge in [-0.3, -0.25) is 0 Å². The molecule has 3 rings (SSSR count). The van der Waals surface area contributed by atoms with Gasteiger partial charge in [0.05, 0.1) is 7.11 Å². The van der Waals surface area contributed by atoms with E-state index in [2.05, 4.69) is 12.2 Å². The minimum atomic E-state index is 0.808. The SMILES string of the molecule is CCCCNc1nc(-c2ccc(OC)cc2)nc2c1CCC2. The first-order valence-corrected chi connectivity index (χ1v) is 8.10. The van der Waals surface area contributed by atoms with Crippen molar-refractivity contribution in [2.45, 2.75) is 39.0 Å². The van der Waals surface area contributed by atoms with Gasteiger partial charge in [-0.15, -0.1) is 0 Å². The van der Waals surface area contributed by atoms with Crippen LogP contribution in [0.4, 0.5) is 5.82 Å². The highest BCUT2D eigenvalue weighted by atomic mass is 16.5. The fourth-order valence-electron chi connectivity index (χ4n) is 2.83. The highest BCUT2D eigenvalue weighted by molar-refractivity contribution is 5.61. The summed E-state index contributed by atoms with van der Waals surface area (Å²) in [6.45, 7) is 3.18. The molecule has 4 heteroatoms. The molecule has 0 aliphatic heterocycles. The number of rotatable bonds is 6. The van der Waals surface area contributed by atoms with Gasteiger partial charge in [0.15, 0.2) is 5.82 Å². The lowest BCUT2D eigenvalue weighted by atomic mass is 10.1. The number of benzene rings is 1. The first kappa shape index (κ1) is 14.8. The average Bonchev–Trinajstić information content (AvgIpc) is 3.04. The molecule has 2 aromatic rings. The number of fused-ring (bicyclic) bond motifs is 1. The number of anilines is 1. The maximum atomic E-state index is 5.22. The Morgan fingerprint density at radius 3 is 2.68 bits per heavy atom. The fourth-order valence-corrected chi connectivity index (χ4v) is 2.83. The van der Waals surface area contributed by atoms with E-state index in [0.29, 0.717) is 0 Å². The number of hydrogen-bond acceptors (Lipinski definition) is 4. The Hall–Kier alpha value is -2.10. The van der Waals surface area contributed by atoms with Crippen molar-refractivity contribution in [3.63, 3.8) is 0 Å². The summed E-state index contributed by atoms with van der Waals surface area (Å²) in [5.41, 5.74) is 3.56. The number of nitrogens with one attached hydrogen (secondary N) is 1. The van der Waals surface area contributed by atoms with E-state index in [1.807, 2.05) is 24.3 Å². The van der Waals surface area contributed by atoms with E-state index in [-0.39, 0.29) is 0 Å². The summed E-state index contributed by atoms with van der Waals surface area (Å²) in [5.74, 6) is 2.69. The van der Waals surface area contributed by atoms with Gasteiger partial charge in [-0.2, -0.15) is 0 Å². The largest absolute Gasteiger partial charge is 0.497 e. The molecule has 116 valence electrons. The van der Waals surface area contributed by atoms with Gasteiger partial charge in [-0.05, 0) is 49.9 Å².